The average Bonchev–Trinajstić information content (AvgIpc) is 3.27. The van der Waals surface area contributed by atoms with Gasteiger partial charge in [-0.05, 0) is 55.2 Å². The van der Waals surface area contributed by atoms with E-state index in [1.54, 1.807) is 0 Å². The van der Waals surface area contributed by atoms with E-state index in [2.05, 4.69) is 77.8 Å². The van der Waals surface area contributed by atoms with E-state index in [0.717, 1.165) is 0 Å². The number of nitrogens with one attached hydrogen (secondary N) is 1. The van der Waals surface area contributed by atoms with Gasteiger partial charge in [0.05, 0.1) is 0 Å². The average molecular weight is 319 g/mol. The molecule has 0 amide bonds. The van der Waals surface area contributed by atoms with Crippen LogP contribution in [0.25, 0.3) is 43.1 Å². The van der Waals surface area contributed by atoms with Crippen LogP contribution in [0.3, 0.4) is 0 Å². The van der Waals surface area contributed by atoms with Gasteiger partial charge in [0.1, 0.15) is 0 Å². The number of benzene rings is 5. The molecule has 1 N–H and O–H groups in total. The molecule has 1 heteroatoms. The first kappa shape index (κ1) is 14.1. The Balaban J connectivity index is 0.000000244. The van der Waals surface area contributed by atoms with E-state index in [4.69, 9.17) is 0 Å². The van der Waals surface area contributed by atoms with Crippen LogP contribution in [-0.2, 0) is 0 Å². The fourth-order valence-electron chi connectivity index (χ4n) is 3.84. The van der Waals surface area contributed by atoms with E-state index in [0.29, 0.717) is 0 Å². The number of fused-ring (bicyclic) bond motifs is 3. The quantitative estimate of drug-likeness (QED) is 0.235. The van der Waals surface area contributed by atoms with Crippen LogP contribution in [-0.4, -0.2) is 4.98 Å². The van der Waals surface area contributed by atoms with Crippen molar-refractivity contribution in [3.8, 4) is 0 Å². The van der Waals surface area contributed by atoms with Crippen LogP contribution in [0.4, 0.5) is 0 Å². The van der Waals surface area contributed by atoms with Crippen LogP contribution in [0.1, 0.15) is 0 Å². The molecule has 6 aromatic rings. The molecule has 0 fully saturated rings. The maximum atomic E-state index is 2.86. The Kier molecular flexibility index (Phi) is 3.17. The fourth-order valence-corrected chi connectivity index (χ4v) is 3.84. The van der Waals surface area contributed by atoms with Crippen molar-refractivity contribution in [3.05, 3.63) is 97.3 Å². The Morgan fingerprint density at radius 3 is 1.32 bits per heavy atom. The molecular formula is C24H17N. The van der Waals surface area contributed by atoms with Gasteiger partial charge in [-0.25, -0.2) is 0 Å². The summed E-state index contributed by atoms with van der Waals surface area (Å²) in [7, 11) is 0. The van der Waals surface area contributed by atoms with Gasteiger partial charge in [-0.2, -0.15) is 0 Å². The van der Waals surface area contributed by atoms with E-state index in [1.807, 2.05) is 24.5 Å². The maximum Gasteiger partial charge on any atom is 0.000496 e. The van der Waals surface area contributed by atoms with E-state index < -0.39 is 0 Å². The highest BCUT2D eigenvalue weighted by molar-refractivity contribution is 6.33. The molecule has 0 saturated carbocycles. The Hall–Kier alpha value is -3.32. The van der Waals surface area contributed by atoms with Crippen LogP contribution in [0, 0.1) is 0 Å². The highest BCUT2D eigenvalue weighted by atomic mass is 14.6. The molecule has 0 atom stereocenters. The molecule has 1 nitrogen and oxygen atoms in total. The van der Waals surface area contributed by atoms with Crippen molar-refractivity contribution in [3.63, 3.8) is 0 Å². The minimum absolute atomic E-state index is 1.33. The maximum absolute atomic E-state index is 2.86. The monoisotopic (exact) mass is 319 g/mol. The van der Waals surface area contributed by atoms with Gasteiger partial charge >= 0.3 is 0 Å². The highest BCUT2D eigenvalue weighted by Crippen LogP contribution is 2.40. The number of hydrogen-bond donors (Lipinski definition) is 1. The second-order valence-corrected chi connectivity index (χ2v) is 6.30. The van der Waals surface area contributed by atoms with E-state index in [9.17, 15) is 0 Å². The Morgan fingerprint density at radius 1 is 0.400 bits per heavy atom. The van der Waals surface area contributed by atoms with E-state index in [1.165, 1.54) is 43.1 Å². The number of rotatable bonds is 0. The van der Waals surface area contributed by atoms with Crippen molar-refractivity contribution >= 4 is 43.1 Å². The zero-order valence-corrected chi connectivity index (χ0v) is 13.7. The molecule has 0 spiro atoms. The zero-order valence-electron chi connectivity index (χ0n) is 13.7. The van der Waals surface area contributed by atoms with Gasteiger partial charge in [0.2, 0.25) is 0 Å². The lowest BCUT2D eigenvalue weighted by Crippen LogP contribution is -1.86. The highest BCUT2D eigenvalue weighted by Gasteiger charge is 2.11. The third kappa shape index (κ3) is 2.17. The molecule has 6 rings (SSSR count). The van der Waals surface area contributed by atoms with Gasteiger partial charge in [0.25, 0.3) is 0 Å². The molecule has 1 aromatic heterocycles. The second-order valence-electron chi connectivity index (χ2n) is 6.30. The topological polar surface area (TPSA) is 15.8 Å². The second kappa shape index (κ2) is 5.64. The first-order valence-electron chi connectivity index (χ1n) is 8.55. The zero-order chi connectivity index (χ0) is 16.6. The van der Waals surface area contributed by atoms with Gasteiger partial charge in [0.15, 0.2) is 0 Å². The number of aromatic amines is 1. The van der Waals surface area contributed by atoms with Crippen molar-refractivity contribution in [1.29, 1.82) is 0 Å². The third-order valence-corrected chi connectivity index (χ3v) is 4.89. The Bertz CT molecular complexity index is 1170. The summed E-state index contributed by atoms with van der Waals surface area (Å²) in [5.41, 5.74) is 0. The van der Waals surface area contributed by atoms with Gasteiger partial charge in [0, 0.05) is 12.4 Å². The van der Waals surface area contributed by atoms with Crippen molar-refractivity contribution in [2.24, 2.45) is 0 Å². The van der Waals surface area contributed by atoms with Crippen LogP contribution >= 0.6 is 0 Å². The summed E-state index contributed by atoms with van der Waals surface area (Å²) in [6, 6.07) is 30.3. The standard InChI is InChI=1S/C20H12.C4H5N/c1-2-8-16-15(7-1)17-9-3-5-13-11-12-14-6-4-10-18(16)20(14)19(13)17;1-2-4-5-3-1/h1-12H;1-5H. The third-order valence-electron chi connectivity index (χ3n) is 4.89. The molecule has 0 aliphatic rings. The summed E-state index contributed by atoms with van der Waals surface area (Å²) in [6.07, 6.45) is 3.75. The fraction of sp³-hybridized carbons (Fsp3) is 0. The van der Waals surface area contributed by atoms with Crippen molar-refractivity contribution in [2.75, 3.05) is 0 Å². The summed E-state index contributed by atoms with van der Waals surface area (Å²) < 4.78 is 0. The van der Waals surface area contributed by atoms with Crippen molar-refractivity contribution < 1.29 is 0 Å². The van der Waals surface area contributed by atoms with Crippen molar-refractivity contribution in [1.82, 2.24) is 4.98 Å². The van der Waals surface area contributed by atoms with Crippen LogP contribution in [0.2, 0.25) is 0 Å². The molecule has 25 heavy (non-hydrogen) atoms. The van der Waals surface area contributed by atoms with Crippen LogP contribution in [0.15, 0.2) is 97.3 Å². The molecule has 5 aromatic carbocycles. The number of aromatic nitrogens is 1. The molecule has 1 heterocycles. The molecule has 0 saturated heterocycles. The lowest BCUT2D eigenvalue weighted by molar-refractivity contribution is 1.42. The predicted octanol–water partition coefficient (Wildman–Crippen LogP) is 6.75. The van der Waals surface area contributed by atoms with Crippen LogP contribution in [0.5, 0.6) is 0 Å². The summed E-state index contributed by atoms with van der Waals surface area (Å²) in [6.45, 7) is 0. The largest absolute Gasteiger partial charge is 0.368 e. The van der Waals surface area contributed by atoms with Gasteiger partial charge in [-0.1, -0.05) is 72.8 Å². The summed E-state index contributed by atoms with van der Waals surface area (Å²) in [4.78, 5) is 2.86. The SMILES string of the molecule is c1cc[nH]c1.c1ccc2c(c1)c1cccc3ccc4cccc2c4c31. The Morgan fingerprint density at radius 2 is 0.880 bits per heavy atom. The molecule has 0 unspecified atom stereocenters. The number of H-pyrrole nitrogens is 1. The molecule has 0 bridgehead atoms. The lowest BCUT2D eigenvalue weighted by atomic mass is 9.89. The minimum atomic E-state index is 1.33. The summed E-state index contributed by atoms with van der Waals surface area (Å²) >= 11 is 0. The number of hydrogen-bond acceptors (Lipinski definition) is 0. The summed E-state index contributed by atoms with van der Waals surface area (Å²) in [5.74, 6) is 0. The van der Waals surface area contributed by atoms with E-state index >= 15 is 0 Å². The van der Waals surface area contributed by atoms with Crippen LogP contribution < -0.4 is 0 Å². The smallest absolute Gasteiger partial charge is 0.000496 e. The lowest BCUT2D eigenvalue weighted by Gasteiger charge is -2.14. The first-order chi connectivity index (χ1) is 12.4. The molecular weight excluding hydrogens is 302 g/mol. The van der Waals surface area contributed by atoms with E-state index in [-0.39, 0.29) is 0 Å². The van der Waals surface area contributed by atoms with Gasteiger partial charge in [-0.3, -0.25) is 0 Å². The molecule has 0 aliphatic carbocycles. The van der Waals surface area contributed by atoms with Gasteiger partial charge < -0.3 is 4.98 Å². The molecule has 0 aliphatic heterocycles. The normalized spacial score (nSPS) is 11.2. The predicted molar refractivity (Wildman–Crippen MR) is 108 cm³/mol. The molecule has 0 radical (unpaired) electrons. The van der Waals surface area contributed by atoms with Gasteiger partial charge in [-0.15, -0.1) is 0 Å². The summed E-state index contributed by atoms with van der Waals surface area (Å²) in [5, 5.41) is 10.9. The Labute approximate surface area is 145 Å². The molecule has 118 valence electrons. The minimum Gasteiger partial charge on any atom is -0.368 e. The van der Waals surface area contributed by atoms with Crippen molar-refractivity contribution in [2.45, 2.75) is 0 Å². The first-order valence-corrected chi connectivity index (χ1v) is 8.55.